The Morgan fingerprint density at radius 1 is 1.11 bits per heavy atom. The van der Waals surface area contributed by atoms with Crippen LogP contribution in [-0.4, -0.2) is 60.2 Å². The maximum Gasteiger partial charge on any atom is 0.242 e. The third-order valence-corrected chi connectivity index (χ3v) is 4.45. The van der Waals surface area contributed by atoms with Crippen LogP contribution < -0.4 is 5.32 Å². The fourth-order valence-corrected chi connectivity index (χ4v) is 3.37. The van der Waals surface area contributed by atoms with Gasteiger partial charge in [0.15, 0.2) is 0 Å². The second-order valence-electron chi connectivity index (χ2n) is 5.54. The average molecular weight is 265 g/mol. The highest BCUT2D eigenvalue weighted by Gasteiger charge is 2.50. The summed E-state index contributed by atoms with van der Waals surface area (Å²) in [6, 6.07) is 0. The summed E-state index contributed by atoms with van der Waals surface area (Å²) in [6.07, 6.45) is 2.55. The summed E-state index contributed by atoms with van der Waals surface area (Å²) in [5.74, 6) is -0.665. The molecule has 1 N–H and O–H groups in total. The van der Waals surface area contributed by atoms with E-state index in [0.29, 0.717) is 13.1 Å². The van der Waals surface area contributed by atoms with Crippen molar-refractivity contribution in [2.75, 3.05) is 32.7 Å². The normalized spacial score (nSPS) is 30.9. The smallest absolute Gasteiger partial charge is 0.242 e. The summed E-state index contributed by atoms with van der Waals surface area (Å²) in [5.41, 5.74) is 0. The summed E-state index contributed by atoms with van der Waals surface area (Å²) in [4.78, 5) is 39.3. The number of likely N-dealkylation sites (tertiary alicyclic amines) is 1. The summed E-state index contributed by atoms with van der Waals surface area (Å²) in [7, 11) is 0. The van der Waals surface area contributed by atoms with Gasteiger partial charge in [-0.2, -0.15) is 0 Å². The second kappa shape index (κ2) is 4.92. The molecule has 0 bridgehead atoms. The van der Waals surface area contributed by atoms with Gasteiger partial charge in [0, 0.05) is 26.2 Å². The number of carbonyl (C=O) groups is 3. The Hall–Kier alpha value is -1.43. The van der Waals surface area contributed by atoms with Crippen molar-refractivity contribution in [2.45, 2.75) is 19.3 Å². The highest BCUT2D eigenvalue weighted by molar-refractivity contribution is 6.07. The van der Waals surface area contributed by atoms with E-state index in [1.165, 1.54) is 4.90 Å². The number of hydrogen-bond donors (Lipinski definition) is 1. The van der Waals surface area contributed by atoms with Crippen LogP contribution in [-0.2, 0) is 14.4 Å². The zero-order valence-electron chi connectivity index (χ0n) is 10.9. The zero-order chi connectivity index (χ0) is 13.4. The third-order valence-electron chi connectivity index (χ3n) is 4.45. The van der Waals surface area contributed by atoms with Crippen LogP contribution in [0.4, 0.5) is 0 Å². The number of amides is 3. The number of carbonyl (C=O) groups excluding carboxylic acids is 3. The van der Waals surface area contributed by atoms with E-state index in [4.69, 9.17) is 0 Å². The van der Waals surface area contributed by atoms with Crippen molar-refractivity contribution in [3.8, 4) is 0 Å². The van der Waals surface area contributed by atoms with Crippen LogP contribution in [0.15, 0.2) is 0 Å². The Kier molecular flexibility index (Phi) is 3.26. The molecule has 3 aliphatic rings. The first-order chi connectivity index (χ1) is 9.18. The van der Waals surface area contributed by atoms with Crippen LogP contribution in [0.25, 0.3) is 0 Å². The van der Waals surface area contributed by atoms with Crippen LogP contribution in [0.5, 0.6) is 0 Å². The molecule has 0 spiro atoms. The summed E-state index contributed by atoms with van der Waals surface area (Å²) in [6.45, 7) is 2.80. The lowest BCUT2D eigenvalue weighted by atomic mass is 10.00. The van der Waals surface area contributed by atoms with Gasteiger partial charge in [0.05, 0.1) is 11.8 Å². The van der Waals surface area contributed by atoms with Crippen LogP contribution in [0.3, 0.4) is 0 Å². The Morgan fingerprint density at radius 2 is 1.68 bits per heavy atom. The van der Waals surface area contributed by atoms with Crippen molar-refractivity contribution < 1.29 is 14.4 Å². The van der Waals surface area contributed by atoms with Gasteiger partial charge in [-0.1, -0.05) is 6.42 Å². The molecular weight excluding hydrogens is 246 g/mol. The quantitative estimate of drug-likeness (QED) is 0.664. The number of imide groups is 1. The van der Waals surface area contributed by atoms with E-state index < -0.39 is 0 Å². The Labute approximate surface area is 112 Å². The van der Waals surface area contributed by atoms with Gasteiger partial charge in [0.25, 0.3) is 0 Å². The molecular formula is C13H19N3O3. The maximum absolute atomic E-state index is 12.1. The van der Waals surface area contributed by atoms with Crippen molar-refractivity contribution in [1.82, 2.24) is 15.1 Å². The molecule has 2 heterocycles. The van der Waals surface area contributed by atoms with Gasteiger partial charge in [-0.05, 0) is 12.8 Å². The van der Waals surface area contributed by atoms with Crippen molar-refractivity contribution in [3.63, 3.8) is 0 Å². The Bertz CT molecular complexity index is 395. The lowest BCUT2D eigenvalue weighted by molar-refractivity contribution is -0.147. The first-order valence-corrected chi connectivity index (χ1v) is 7.02. The lowest BCUT2D eigenvalue weighted by Crippen LogP contribution is -2.50. The molecule has 0 aromatic rings. The molecule has 0 aromatic carbocycles. The highest BCUT2D eigenvalue weighted by atomic mass is 16.2. The largest absolute Gasteiger partial charge is 0.339 e. The number of fused-ring (bicyclic) bond motifs is 1. The topological polar surface area (TPSA) is 69.7 Å². The van der Waals surface area contributed by atoms with Crippen LogP contribution >= 0.6 is 0 Å². The fraction of sp³-hybridized carbons (Fsp3) is 0.769. The SMILES string of the molecule is O=C(CN1C(=O)C2CCCC2C1=O)N1CCNCC1. The number of piperazine rings is 1. The van der Waals surface area contributed by atoms with E-state index >= 15 is 0 Å². The van der Waals surface area contributed by atoms with Gasteiger partial charge >= 0.3 is 0 Å². The highest BCUT2D eigenvalue weighted by Crippen LogP contribution is 2.39. The van der Waals surface area contributed by atoms with E-state index in [9.17, 15) is 14.4 Å². The summed E-state index contributed by atoms with van der Waals surface area (Å²) in [5, 5.41) is 3.17. The second-order valence-corrected chi connectivity index (χ2v) is 5.54. The first-order valence-electron chi connectivity index (χ1n) is 7.02. The van der Waals surface area contributed by atoms with Crippen LogP contribution in [0.1, 0.15) is 19.3 Å². The predicted octanol–water partition coefficient (Wildman–Crippen LogP) is -0.797. The fourth-order valence-electron chi connectivity index (χ4n) is 3.37. The van der Waals surface area contributed by atoms with Crippen molar-refractivity contribution in [1.29, 1.82) is 0 Å². The molecule has 3 amide bonds. The van der Waals surface area contributed by atoms with Gasteiger partial charge in [0.2, 0.25) is 17.7 Å². The minimum absolute atomic E-state index is 0.0648. The minimum Gasteiger partial charge on any atom is -0.339 e. The van der Waals surface area contributed by atoms with E-state index in [0.717, 1.165) is 32.4 Å². The molecule has 6 heteroatoms. The zero-order valence-corrected chi connectivity index (χ0v) is 10.9. The number of nitrogens with zero attached hydrogens (tertiary/aromatic N) is 2. The van der Waals surface area contributed by atoms with E-state index in [1.807, 2.05) is 0 Å². The average Bonchev–Trinajstić information content (AvgIpc) is 3.00. The Morgan fingerprint density at radius 3 is 2.26 bits per heavy atom. The van der Waals surface area contributed by atoms with E-state index in [2.05, 4.69) is 5.32 Å². The monoisotopic (exact) mass is 265 g/mol. The summed E-state index contributed by atoms with van der Waals surface area (Å²) >= 11 is 0. The molecule has 6 nitrogen and oxygen atoms in total. The molecule has 0 aromatic heterocycles. The van der Waals surface area contributed by atoms with Gasteiger partial charge in [0.1, 0.15) is 6.54 Å². The maximum atomic E-state index is 12.1. The molecule has 104 valence electrons. The van der Waals surface area contributed by atoms with E-state index in [1.54, 1.807) is 4.90 Å². The van der Waals surface area contributed by atoms with Gasteiger partial charge < -0.3 is 10.2 Å². The number of rotatable bonds is 2. The van der Waals surface area contributed by atoms with Crippen molar-refractivity contribution >= 4 is 17.7 Å². The number of nitrogens with one attached hydrogen (secondary N) is 1. The molecule has 2 saturated heterocycles. The summed E-state index contributed by atoms with van der Waals surface area (Å²) < 4.78 is 0. The van der Waals surface area contributed by atoms with E-state index in [-0.39, 0.29) is 36.1 Å². The lowest BCUT2D eigenvalue weighted by Gasteiger charge is -2.29. The van der Waals surface area contributed by atoms with Gasteiger partial charge in [-0.3, -0.25) is 19.3 Å². The molecule has 2 unspecified atom stereocenters. The van der Waals surface area contributed by atoms with Gasteiger partial charge in [-0.25, -0.2) is 0 Å². The molecule has 3 rings (SSSR count). The minimum atomic E-state index is -0.150. The molecule has 2 aliphatic heterocycles. The molecule has 2 atom stereocenters. The third kappa shape index (κ3) is 2.14. The van der Waals surface area contributed by atoms with Crippen molar-refractivity contribution in [2.24, 2.45) is 11.8 Å². The standard InChI is InChI=1S/C13H19N3O3/c17-11(15-6-4-14-5-7-15)8-16-12(18)9-2-1-3-10(9)13(16)19/h9-10,14H,1-8H2. The molecule has 3 fully saturated rings. The van der Waals surface area contributed by atoms with Crippen molar-refractivity contribution in [3.05, 3.63) is 0 Å². The molecule has 0 radical (unpaired) electrons. The van der Waals surface area contributed by atoms with Gasteiger partial charge in [-0.15, -0.1) is 0 Å². The molecule has 1 aliphatic carbocycles. The predicted molar refractivity (Wildman–Crippen MR) is 67.0 cm³/mol. The Balaban J connectivity index is 1.64. The van der Waals surface area contributed by atoms with Crippen LogP contribution in [0.2, 0.25) is 0 Å². The number of hydrogen-bond acceptors (Lipinski definition) is 4. The van der Waals surface area contributed by atoms with Crippen LogP contribution in [0, 0.1) is 11.8 Å². The molecule has 1 saturated carbocycles. The first kappa shape index (κ1) is 12.6. The molecule has 19 heavy (non-hydrogen) atoms.